The van der Waals surface area contributed by atoms with Gasteiger partial charge in [0.15, 0.2) is 17.3 Å². The van der Waals surface area contributed by atoms with E-state index in [0.29, 0.717) is 22.9 Å². The first-order valence-electron chi connectivity index (χ1n) is 7.51. The molecule has 0 bridgehead atoms. The number of aromatic nitrogens is 2. The van der Waals surface area contributed by atoms with Gasteiger partial charge in [-0.05, 0) is 48.0 Å². The molecule has 0 radical (unpaired) electrons. The molecule has 2 heterocycles. The maximum Gasteiger partial charge on any atom is 0.345 e. The van der Waals surface area contributed by atoms with Gasteiger partial charge in [-0.25, -0.2) is 14.8 Å². The highest BCUT2D eigenvalue weighted by molar-refractivity contribution is 5.91. The first-order valence-corrected chi connectivity index (χ1v) is 7.51. The molecule has 25 heavy (non-hydrogen) atoms. The van der Waals surface area contributed by atoms with Crippen LogP contribution < -0.4 is 9.47 Å². The number of hydrogen-bond acceptors (Lipinski definition) is 6. The SMILES string of the molecule is COc1cc(/C=N/c2ccccn2)ccc1OC(=O)c1cccnc1. The number of rotatable bonds is 5. The molecule has 0 aliphatic carbocycles. The second-order valence-electron chi connectivity index (χ2n) is 4.99. The largest absolute Gasteiger partial charge is 0.493 e. The Labute approximate surface area is 144 Å². The van der Waals surface area contributed by atoms with Crippen LogP contribution in [-0.4, -0.2) is 29.3 Å². The van der Waals surface area contributed by atoms with Crippen LogP contribution >= 0.6 is 0 Å². The van der Waals surface area contributed by atoms with Gasteiger partial charge in [0.25, 0.3) is 0 Å². The molecule has 3 aromatic rings. The summed E-state index contributed by atoms with van der Waals surface area (Å²) in [5, 5.41) is 0. The van der Waals surface area contributed by atoms with Crippen molar-refractivity contribution in [2.24, 2.45) is 4.99 Å². The topological polar surface area (TPSA) is 73.7 Å². The van der Waals surface area contributed by atoms with E-state index in [1.54, 1.807) is 55.0 Å². The molecule has 0 atom stereocenters. The third kappa shape index (κ3) is 4.26. The third-order valence-corrected chi connectivity index (χ3v) is 3.28. The Morgan fingerprint density at radius 1 is 1.08 bits per heavy atom. The van der Waals surface area contributed by atoms with Crippen LogP contribution in [0.15, 0.2) is 72.1 Å². The molecule has 0 fully saturated rings. The number of benzene rings is 1. The fraction of sp³-hybridized carbons (Fsp3) is 0.0526. The summed E-state index contributed by atoms with van der Waals surface area (Å²) in [6.07, 6.45) is 6.38. The van der Waals surface area contributed by atoms with Crippen molar-refractivity contribution in [2.45, 2.75) is 0 Å². The Hall–Kier alpha value is -3.54. The highest BCUT2D eigenvalue weighted by Crippen LogP contribution is 2.28. The summed E-state index contributed by atoms with van der Waals surface area (Å²) in [4.78, 5) is 24.4. The van der Waals surface area contributed by atoms with Gasteiger partial charge in [-0.15, -0.1) is 0 Å². The number of pyridine rings is 2. The molecule has 0 saturated carbocycles. The Morgan fingerprint density at radius 3 is 2.72 bits per heavy atom. The molecule has 0 amide bonds. The lowest BCUT2D eigenvalue weighted by Crippen LogP contribution is -2.09. The van der Waals surface area contributed by atoms with Gasteiger partial charge in [0.2, 0.25) is 0 Å². The molecule has 3 rings (SSSR count). The van der Waals surface area contributed by atoms with Crippen molar-refractivity contribution in [3.63, 3.8) is 0 Å². The standard InChI is InChI=1S/C19H15N3O3/c1-24-17-11-14(12-22-18-6-2-3-10-21-18)7-8-16(17)25-19(23)15-5-4-9-20-13-15/h2-13H,1H3/b22-12+. The molecule has 0 spiro atoms. The van der Waals surface area contributed by atoms with Gasteiger partial charge in [0.05, 0.1) is 12.7 Å². The lowest BCUT2D eigenvalue weighted by Gasteiger charge is -2.09. The molecule has 2 aromatic heterocycles. The van der Waals surface area contributed by atoms with Crippen LogP contribution in [0.4, 0.5) is 5.82 Å². The third-order valence-electron chi connectivity index (χ3n) is 3.28. The van der Waals surface area contributed by atoms with Crippen molar-refractivity contribution in [3.8, 4) is 11.5 Å². The lowest BCUT2D eigenvalue weighted by atomic mass is 10.2. The van der Waals surface area contributed by atoms with Crippen molar-refractivity contribution in [1.29, 1.82) is 0 Å². The zero-order valence-electron chi connectivity index (χ0n) is 13.5. The molecular formula is C19H15N3O3. The molecule has 0 aliphatic rings. The normalized spacial score (nSPS) is 10.6. The Kier molecular flexibility index (Phi) is 5.11. The molecule has 0 N–H and O–H groups in total. The van der Waals surface area contributed by atoms with Gasteiger partial charge in [-0.2, -0.15) is 0 Å². The van der Waals surface area contributed by atoms with Gasteiger partial charge in [0, 0.05) is 24.8 Å². The predicted octanol–water partition coefficient (Wildman–Crippen LogP) is 3.46. The zero-order valence-corrected chi connectivity index (χ0v) is 13.5. The van der Waals surface area contributed by atoms with E-state index in [1.807, 2.05) is 12.1 Å². The van der Waals surface area contributed by atoms with Crippen molar-refractivity contribution in [1.82, 2.24) is 9.97 Å². The van der Waals surface area contributed by atoms with E-state index in [4.69, 9.17) is 9.47 Å². The minimum absolute atomic E-state index is 0.325. The van der Waals surface area contributed by atoms with E-state index >= 15 is 0 Å². The Morgan fingerprint density at radius 2 is 2.00 bits per heavy atom. The van der Waals surface area contributed by atoms with Crippen LogP contribution in [0.2, 0.25) is 0 Å². The molecule has 6 nitrogen and oxygen atoms in total. The summed E-state index contributed by atoms with van der Waals surface area (Å²) < 4.78 is 10.7. The summed E-state index contributed by atoms with van der Waals surface area (Å²) >= 11 is 0. The van der Waals surface area contributed by atoms with E-state index in [-0.39, 0.29) is 0 Å². The number of hydrogen-bond donors (Lipinski definition) is 0. The molecule has 0 unspecified atom stereocenters. The maximum absolute atomic E-state index is 12.1. The summed E-state index contributed by atoms with van der Waals surface area (Å²) in [6, 6.07) is 14.0. The quantitative estimate of drug-likeness (QED) is 0.406. The van der Waals surface area contributed by atoms with Gasteiger partial charge < -0.3 is 9.47 Å². The fourth-order valence-corrected chi connectivity index (χ4v) is 2.06. The fourth-order valence-electron chi connectivity index (χ4n) is 2.06. The van der Waals surface area contributed by atoms with Gasteiger partial charge in [-0.3, -0.25) is 4.98 Å². The molecule has 0 saturated heterocycles. The molecule has 0 aliphatic heterocycles. The number of esters is 1. The van der Waals surface area contributed by atoms with E-state index in [1.165, 1.54) is 13.3 Å². The van der Waals surface area contributed by atoms with Crippen LogP contribution in [0, 0.1) is 0 Å². The number of nitrogens with zero attached hydrogens (tertiary/aromatic N) is 3. The second kappa shape index (κ2) is 7.83. The van der Waals surface area contributed by atoms with E-state index in [2.05, 4.69) is 15.0 Å². The van der Waals surface area contributed by atoms with Crippen LogP contribution in [0.3, 0.4) is 0 Å². The number of ether oxygens (including phenoxy) is 2. The summed E-state index contributed by atoms with van der Waals surface area (Å²) in [5.74, 6) is 0.864. The van der Waals surface area contributed by atoms with Crippen LogP contribution in [0.1, 0.15) is 15.9 Å². The Balaban J connectivity index is 1.78. The Bertz CT molecular complexity index is 881. The van der Waals surface area contributed by atoms with Crippen molar-refractivity contribution in [3.05, 3.63) is 78.2 Å². The van der Waals surface area contributed by atoms with E-state index in [9.17, 15) is 4.79 Å². The number of carbonyl (C=O) groups is 1. The first kappa shape index (κ1) is 16.3. The number of carbonyl (C=O) groups excluding carboxylic acids is 1. The molecular weight excluding hydrogens is 318 g/mol. The summed E-state index contributed by atoms with van der Waals surface area (Å²) in [7, 11) is 1.51. The monoisotopic (exact) mass is 333 g/mol. The summed E-state index contributed by atoms with van der Waals surface area (Å²) in [6.45, 7) is 0. The minimum Gasteiger partial charge on any atom is -0.493 e. The van der Waals surface area contributed by atoms with Crippen LogP contribution in [-0.2, 0) is 0 Å². The van der Waals surface area contributed by atoms with E-state index in [0.717, 1.165) is 5.56 Å². The predicted molar refractivity (Wildman–Crippen MR) is 93.7 cm³/mol. The first-order chi connectivity index (χ1) is 12.3. The van der Waals surface area contributed by atoms with Gasteiger partial charge >= 0.3 is 5.97 Å². The molecule has 124 valence electrons. The average Bonchev–Trinajstić information content (AvgIpc) is 2.68. The number of methoxy groups -OCH3 is 1. The van der Waals surface area contributed by atoms with Crippen molar-refractivity contribution < 1.29 is 14.3 Å². The van der Waals surface area contributed by atoms with Gasteiger partial charge in [-0.1, -0.05) is 6.07 Å². The van der Waals surface area contributed by atoms with Crippen LogP contribution in [0.5, 0.6) is 11.5 Å². The lowest BCUT2D eigenvalue weighted by molar-refractivity contribution is 0.0729. The van der Waals surface area contributed by atoms with Crippen LogP contribution in [0.25, 0.3) is 0 Å². The maximum atomic E-state index is 12.1. The smallest absolute Gasteiger partial charge is 0.345 e. The zero-order chi connectivity index (χ0) is 17.5. The number of aliphatic imine (C=N–C) groups is 1. The molecule has 6 heteroatoms. The highest BCUT2D eigenvalue weighted by Gasteiger charge is 2.12. The van der Waals surface area contributed by atoms with Crippen molar-refractivity contribution in [2.75, 3.05) is 7.11 Å². The summed E-state index contributed by atoms with van der Waals surface area (Å²) in [5.41, 5.74) is 1.16. The van der Waals surface area contributed by atoms with Crippen molar-refractivity contribution >= 4 is 18.0 Å². The highest BCUT2D eigenvalue weighted by atomic mass is 16.6. The average molecular weight is 333 g/mol. The van der Waals surface area contributed by atoms with E-state index < -0.39 is 5.97 Å². The minimum atomic E-state index is -0.499. The van der Waals surface area contributed by atoms with Gasteiger partial charge in [0.1, 0.15) is 0 Å². The second-order valence-corrected chi connectivity index (χ2v) is 4.99. The molecule has 1 aromatic carbocycles.